The number of hydrogen-bond acceptors (Lipinski definition) is 3. The molecule has 3 nitrogen and oxygen atoms in total. The van der Waals surface area contributed by atoms with Crippen LogP contribution in [0.5, 0.6) is 0 Å². The summed E-state index contributed by atoms with van der Waals surface area (Å²) < 4.78 is 0. The fourth-order valence-electron chi connectivity index (χ4n) is 0.501. The molecule has 0 aromatic heterocycles. The van der Waals surface area contributed by atoms with Crippen molar-refractivity contribution in [1.29, 1.82) is 0 Å². The average Bonchev–Trinajstić information content (AvgIpc) is 1.80. The van der Waals surface area contributed by atoms with Gasteiger partial charge in [-0.1, -0.05) is 13.8 Å². The van der Waals surface area contributed by atoms with Gasteiger partial charge >= 0.3 is 0 Å². The standard InChI is InChI=1S/C6H16N2O/c1-6(2)8-4-5-9-7-3/h6-8H,4-5H2,1-3H3. The van der Waals surface area contributed by atoms with Gasteiger partial charge in [0.05, 0.1) is 6.61 Å². The van der Waals surface area contributed by atoms with E-state index in [4.69, 9.17) is 4.84 Å². The third kappa shape index (κ3) is 7.88. The van der Waals surface area contributed by atoms with E-state index in [0.29, 0.717) is 12.6 Å². The van der Waals surface area contributed by atoms with E-state index < -0.39 is 0 Å². The van der Waals surface area contributed by atoms with Crippen molar-refractivity contribution in [2.75, 3.05) is 20.2 Å². The lowest BCUT2D eigenvalue weighted by Crippen LogP contribution is -2.28. The highest BCUT2D eigenvalue weighted by Crippen LogP contribution is 1.73. The summed E-state index contributed by atoms with van der Waals surface area (Å²) >= 11 is 0. The number of nitrogens with one attached hydrogen (secondary N) is 2. The summed E-state index contributed by atoms with van der Waals surface area (Å²) in [6.45, 7) is 5.84. The Kier molecular flexibility index (Phi) is 5.93. The molecule has 0 aromatic rings. The van der Waals surface area contributed by atoms with E-state index in [1.165, 1.54) is 0 Å². The van der Waals surface area contributed by atoms with Crippen LogP contribution < -0.4 is 10.8 Å². The molecule has 0 aliphatic rings. The third-order valence-electron chi connectivity index (χ3n) is 0.901. The zero-order valence-corrected chi connectivity index (χ0v) is 6.40. The van der Waals surface area contributed by atoms with Crippen molar-refractivity contribution in [2.24, 2.45) is 0 Å². The molecule has 0 unspecified atom stereocenters. The zero-order chi connectivity index (χ0) is 7.11. The van der Waals surface area contributed by atoms with Gasteiger partial charge in [0.2, 0.25) is 0 Å². The van der Waals surface area contributed by atoms with Crippen LogP contribution in [-0.4, -0.2) is 26.2 Å². The quantitative estimate of drug-likeness (QED) is 0.412. The zero-order valence-electron chi connectivity index (χ0n) is 6.40. The maximum Gasteiger partial charge on any atom is 0.0806 e. The summed E-state index contributed by atoms with van der Waals surface area (Å²) in [7, 11) is 1.76. The van der Waals surface area contributed by atoms with Crippen molar-refractivity contribution in [1.82, 2.24) is 10.8 Å². The van der Waals surface area contributed by atoms with Crippen LogP contribution in [0.4, 0.5) is 0 Å². The van der Waals surface area contributed by atoms with E-state index in [1.54, 1.807) is 7.05 Å². The molecule has 3 heteroatoms. The second-order valence-corrected chi connectivity index (χ2v) is 2.16. The molecule has 0 rings (SSSR count). The predicted molar refractivity (Wildman–Crippen MR) is 38.2 cm³/mol. The van der Waals surface area contributed by atoms with Gasteiger partial charge in [-0.25, -0.2) is 5.48 Å². The average molecular weight is 132 g/mol. The number of rotatable bonds is 5. The molecule has 0 saturated heterocycles. The van der Waals surface area contributed by atoms with E-state index in [1.807, 2.05) is 0 Å². The van der Waals surface area contributed by atoms with Crippen molar-refractivity contribution in [3.05, 3.63) is 0 Å². The Labute approximate surface area is 56.7 Å². The summed E-state index contributed by atoms with van der Waals surface area (Å²) in [6, 6.07) is 0.547. The molecular weight excluding hydrogens is 116 g/mol. The Bertz CT molecular complexity index is 57.0. The van der Waals surface area contributed by atoms with E-state index in [2.05, 4.69) is 24.6 Å². The minimum Gasteiger partial charge on any atom is -0.312 e. The van der Waals surface area contributed by atoms with Gasteiger partial charge in [0.1, 0.15) is 0 Å². The first-order valence-electron chi connectivity index (χ1n) is 3.29. The lowest BCUT2D eigenvalue weighted by atomic mass is 10.4. The smallest absolute Gasteiger partial charge is 0.0806 e. The van der Waals surface area contributed by atoms with Gasteiger partial charge in [-0.2, -0.15) is 0 Å². The molecule has 0 amide bonds. The van der Waals surface area contributed by atoms with Crippen LogP contribution in [0.3, 0.4) is 0 Å². The number of hydrogen-bond donors (Lipinski definition) is 2. The Balaban J connectivity index is 2.75. The van der Waals surface area contributed by atoms with E-state index in [9.17, 15) is 0 Å². The van der Waals surface area contributed by atoms with E-state index in [0.717, 1.165) is 6.54 Å². The molecule has 9 heavy (non-hydrogen) atoms. The summed E-state index contributed by atoms with van der Waals surface area (Å²) in [4.78, 5) is 4.87. The summed E-state index contributed by atoms with van der Waals surface area (Å²) in [5, 5.41) is 3.22. The van der Waals surface area contributed by atoms with Crippen LogP contribution in [0.25, 0.3) is 0 Å². The molecule has 0 aliphatic heterocycles. The molecule has 0 saturated carbocycles. The van der Waals surface area contributed by atoms with Gasteiger partial charge in [-0.05, 0) is 0 Å². The van der Waals surface area contributed by atoms with Gasteiger partial charge in [0, 0.05) is 19.6 Å². The molecule has 0 heterocycles. The second kappa shape index (κ2) is 6.01. The summed E-state index contributed by atoms with van der Waals surface area (Å²) in [6.07, 6.45) is 0. The highest BCUT2D eigenvalue weighted by molar-refractivity contribution is 4.49. The normalized spacial score (nSPS) is 10.7. The van der Waals surface area contributed by atoms with Crippen molar-refractivity contribution in [2.45, 2.75) is 19.9 Å². The molecule has 2 N–H and O–H groups in total. The van der Waals surface area contributed by atoms with Crippen LogP contribution in [0.1, 0.15) is 13.8 Å². The maximum absolute atomic E-state index is 4.87. The minimum absolute atomic E-state index is 0.547. The molecule has 0 atom stereocenters. The summed E-state index contributed by atoms with van der Waals surface area (Å²) in [5.74, 6) is 0. The highest BCUT2D eigenvalue weighted by atomic mass is 16.6. The van der Waals surface area contributed by atoms with Crippen molar-refractivity contribution >= 4 is 0 Å². The van der Waals surface area contributed by atoms with Gasteiger partial charge in [-0.15, -0.1) is 0 Å². The van der Waals surface area contributed by atoms with Gasteiger partial charge in [-0.3, -0.25) is 0 Å². The van der Waals surface area contributed by atoms with Crippen LogP contribution in [0.2, 0.25) is 0 Å². The predicted octanol–water partition coefficient (Wildman–Crippen LogP) is 0.135. The largest absolute Gasteiger partial charge is 0.312 e. The van der Waals surface area contributed by atoms with E-state index in [-0.39, 0.29) is 0 Å². The van der Waals surface area contributed by atoms with Gasteiger partial charge < -0.3 is 10.2 Å². The lowest BCUT2D eigenvalue weighted by molar-refractivity contribution is 0.0592. The Morgan fingerprint density at radius 1 is 1.44 bits per heavy atom. The summed E-state index contributed by atoms with van der Waals surface area (Å²) in [5.41, 5.74) is 2.60. The van der Waals surface area contributed by atoms with E-state index >= 15 is 0 Å². The molecular formula is C6H16N2O. The lowest BCUT2D eigenvalue weighted by Gasteiger charge is -2.06. The fraction of sp³-hybridized carbons (Fsp3) is 1.00. The molecule has 0 radical (unpaired) electrons. The van der Waals surface area contributed by atoms with Gasteiger partial charge in [0.15, 0.2) is 0 Å². The minimum atomic E-state index is 0.547. The fourth-order valence-corrected chi connectivity index (χ4v) is 0.501. The first kappa shape index (κ1) is 8.88. The molecule has 0 bridgehead atoms. The number of hydroxylamine groups is 1. The second-order valence-electron chi connectivity index (χ2n) is 2.16. The Hall–Kier alpha value is -0.120. The van der Waals surface area contributed by atoms with Crippen LogP contribution in [0.15, 0.2) is 0 Å². The molecule has 56 valence electrons. The van der Waals surface area contributed by atoms with Crippen molar-refractivity contribution in [3.8, 4) is 0 Å². The van der Waals surface area contributed by atoms with Crippen molar-refractivity contribution < 1.29 is 4.84 Å². The first-order valence-corrected chi connectivity index (χ1v) is 3.29. The van der Waals surface area contributed by atoms with Crippen LogP contribution in [-0.2, 0) is 4.84 Å². The highest BCUT2D eigenvalue weighted by Gasteiger charge is 1.89. The molecule has 0 spiro atoms. The van der Waals surface area contributed by atoms with Crippen LogP contribution in [0, 0.1) is 0 Å². The molecule has 0 fully saturated rings. The SMILES string of the molecule is CNOCCNC(C)C. The monoisotopic (exact) mass is 132 g/mol. The van der Waals surface area contributed by atoms with Crippen LogP contribution >= 0.6 is 0 Å². The molecule has 0 aliphatic carbocycles. The first-order chi connectivity index (χ1) is 4.27. The topological polar surface area (TPSA) is 33.3 Å². The Morgan fingerprint density at radius 2 is 2.11 bits per heavy atom. The molecule has 0 aromatic carbocycles. The maximum atomic E-state index is 4.87. The van der Waals surface area contributed by atoms with Gasteiger partial charge in [0.25, 0.3) is 0 Å². The third-order valence-corrected chi connectivity index (χ3v) is 0.901. The van der Waals surface area contributed by atoms with Crippen molar-refractivity contribution in [3.63, 3.8) is 0 Å². The Morgan fingerprint density at radius 3 is 2.56 bits per heavy atom.